The van der Waals surface area contributed by atoms with Crippen molar-refractivity contribution in [1.82, 2.24) is 20.4 Å². The highest BCUT2D eigenvalue weighted by Gasteiger charge is 2.30. The zero-order valence-electron chi connectivity index (χ0n) is 16.5. The van der Waals surface area contributed by atoms with Crippen LogP contribution in [0.1, 0.15) is 52.2 Å². The van der Waals surface area contributed by atoms with E-state index in [-0.39, 0.29) is 17.5 Å². The van der Waals surface area contributed by atoms with E-state index >= 15 is 0 Å². The molecular formula is C20H23F3N4O2S. The summed E-state index contributed by atoms with van der Waals surface area (Å²) in [7, 11) is 0. The van der Waals surface area contributed by atoms with Gasteiger partial charge in [-0.05, 0) is 36.8 Å². The lowest BCUT2D eigenvalue weighted by atomic mass is 9.93. The third kappa shape index (κ3) is 5.56. The molecule has 1 saturated heterocycles. The Morgan fingerprint density at radius 2 is 1.97 bits per heavy atom. The number of H-pyrrole nitrogens is 1. The summed E-state index contributed by atoms with van der Waals surface area (Å²) in [4.78, 5) is 27.5. The van der Waals surface area contributed by atoms with Gasteiger partial charge in [-0.2, -0.15) is 18.3 Å². The minimum absolute atomic E-state index is 0.00169. The summed E-state index contributed by atoms with van der Waals surface area (Å²) in [6, 6.07) is 9.05. The summed E-state index contributed by atoms with van der Waals surface area (Å²) >= 11 is 1.63. The first-order valence-corrected chi connectivity index (χ1v) is 10.7. The molecule has 0 bridgehead atoms. The number of rotatable bonds is 6. The second-order valence-electron chi connectivity index (χ2n) is 7.00. The molecule has 1 aromatic heterocycles. The lowest BCUT2D eigenvalue weighted by molar-refractivity contribution is -0.123. The van der Waals surface area contributed by atoms with Crippen LogP contribution in [0, 0.1) is 0 Å². The van der Waals surface area contributed by atoms with E-state index < -0.39 is 18.6 Å². The number of thioether (sulfide) groups is 1. The maximum absolute atomic E-state index is 12.9. The number of alkyl halides is 3. The first-order valence-electron chi connectivity index (χ1n) is 9.70. The fraction of sp³-hybridized carbons (Fsp3) is 0.450. The van der Waals surface area contributed by atoms with Crippen LogP contribution in [0.5, 0.6) is 0 Å². The van der Waals surface area contributed by atoms with Gasteiger partial charge >= 0.3 is 6.18 Å². The number of halogens is 3. The predicted molar refractivity (Wildman–Crippen MR) is 108 cm³/mol. The van der Waals surface area contributed by atoms with Gasteiger partial charge in [0.1, 0.15) is 12.2 Å². The van der Waals surface area contributed by atoms with Gasteiger partial charge in [0, 0.05) is 29.6 Å². The van der Waals surface area contributed by atoms with Crippen LogP contribution in [0.25, 0.3) is 0 Å². The second-order valence-corrected chi connectivity index (χ2v) is 8.31. The molecular weight excluding hydrogens is 417 g/mol. The van der Waals surface area contributed by atoms with Gasteiger partial charge in [0.25, 0.3) is 11.8 Å². The maximum atomic E-state index is 12.9. The molecule has 2 aromatic rings. The monoisotopic (exact) mass is 440 g/mol. The highest BCUT2D eigenvalue weighted by atomic mass is 32.2. The van der Waals surface area contributed by atoms with Crippen molar-refractivity contribution in [2.75, 3.05) is 25.4 Å². The van der Waals surface area contributed by atoms with Gasteiger partial charge in [-0.15, -0.1) is 11.8 Å². The van der Waals surface area contributed by atoms with Crippen LogP contribution in [0.2, 0.25) is 0 Å². The molecule has 6 nitrogen and oxygen atoms in total. The Bertz CT molecular complexity index is 892. The molecule has 30 heavy (non-hydrogen) atoms. The van der Waals surface area contributed by atoms with Crippen molar-refractivity contribution in [3.8, 4) is 0 Å². The van der Waals surface area contributed by atoms with Crippen LogP contribution in [-0.4, -0.2) is 58.5 Å². The standard InChI is InChI=1S/C20H23F3N4O2S/c1-2-30-17-6-4-3-5-14(17)19(29)27-9-7-13(8-10-27)15-11-16(26-25-15)18(28)24-12-20(21,22)23/h3-6,11,13H,2,7-10,12H2,1H3,(H,24,28)(H,25,26). The number of aromatic nitrogens is 2. The van der Waals surface area contributed by atoms with Crippen LogP contribution in [0.15, 0.2) is 35.2 Å². The van der Waals surface area contributed by atoms with E-state index in [1.165, 1.54) is 6.07 Å². The van der Waals surface area contributed by atoms with E-state index in [2.05, 4.69) is 10.2 Å². The average molecular weight is 440 g/mol. The van der Waals surface area contributed by atoms with E-state index in [4.69, 9.17) is 0 Å². The topological polar surface area (TPSA) is 78.1 Å². The molecule has 0 spiro atoms. The number of nitrogens with one attached hydrogen (secondary N) is 2. The molecule has 3 rings (SSSR count). The molecule has 1 aromatic carbocycles. The fourth-order valence-electron chi connectivity index (χ4n) is 3.42. The normalized spacial score (nSPS) is 15.3. The number of hydrogen-bond donors (Lipinski definition) is 2. The maximum Gasteiger partial charge on any atom is 0.405 e. The Balaban J connectivity index is 1.58. The number of piperidine rings is 1. The van der Waals surface area contributed by atoms with E-state index in [1.54, 1.807) is 11.8 Å². The molecule has 10 heteroatoms. The Hall–Kier alpha value is -2.49. The number of amides is 2. The minimum Gasteiger partial charge on any atom is -0.342 e. The van der Waals surface area contributed by atoms with Crippen molar-refractivity contribution in [3.05, 3.63) is 47.3 Å². The number of carbonyl (C=O) groups is 2. The van der Waals surface area contributed by atoms with Crippen molar-refractivity contribution >= 4 is 23.6 Å². The van der Waals surface area contributed by atoms with Crippen LogP contribution < -0.4 is 5.32 Å². The third-order valence-corrected chi connectivity index (χ3v) is 5.87. The van der Waals surface area contributed by atoms with E-state index in [0.29, 0.717) is 37.2 Å². The number of hydrogen-bond acceptors (Lipinski definition) is 4. The van der Waals surface area contributed by atoms with Crippen molar-refractivity contribution < 1.29 is 22.8 Å². The van der Waals surface area contributed by atoms with Crippen LogP contribution in [0.3, 0.4) is 0 Å². The van der Waals surface area contributed by atoms with Gasteiger partial charge in [-0.1, -0.05) is 19.1 Å². The summed E-state index contributed by atoms with van der Waals surface area (Å²) in [5, 5.41) is 8.40. The van der Waals surface area contributed by atoms with E-state index in [0.717, 1.165) is 10.6 Å². The molecule has 1 aliphatic heterocycles. The van der Waals surface area contributed by atoms with Crippen molar-refractivity contribution in [2.24, 2.45) is 0 Å². The zero-order valence-corrected chi connectivity index (χ0v) is 17.3. The second kappa shape index (κ2) is 9.55. The van der Waals surface area contributed by atoms with Gasteiger partial charge in [0.15, 0.2) is 0 Å². The van der Waals surface area contributed by atoms with Gasteiger partial charge < -0.3 is 10.2 Å². The Morgan fingerprint density at radius 1 is 1.27 bits per heavy atom. The van der Waals surface area contributed by atoms with Gasteiger partial charge in [0.2, 0.25) is 0 Å². The summed E-state index contributed by atoms with van der Waals surface area (Å²) in [5.41, 5.74) is 1.33. The molecule has 2 amide bonds. The minimum atomic E-state index is -4.47. The Labute approximate surface area is 176 Å². The number of benzene rings is 1. The molecule has 2 N–H and O–H groups in total. The summed E-state index contributed by atoms with van der Waals surface area (Å²) in [6.45, 7) is 1.76. The van der Waals surface area contributed by atoms with Crippen LogP contribution >= 0.6 is 11.8 Å². The quantitative estimate of drug-likeness (QED) is 0.670. The van der Waals surface area contributed by atoms with Gasteiger partial charge in [0.05, 0.1) is 5.56 Å². The van der Waals surface area contributed by atoms with Crippen LogP contribution in [-0.2, 0) is 0 Å². The number of carbonyl (C=O) groups excluding carboxylic acids is 2. The van der Waals surface area contributed by atoms with E-state index in [1.807, 2.05) is 41.4 Å². The Kier molecular flexibility index (Phi) is 7.06. The molecule has 2 heterocycles. The van der Waals surface area contributed by atoms with E-state index in [9.17, 15) is 22.8 Å². The smallest absolute Gasteiger partial charge is 0.342 e. The molecule has 0 atom stereocenters. The summed E-state index contributed by atoms with van der Waals surface area (Å²) < 4.78 is 36.7. The Morgan fingerprint density at radius 3 is 2.63 bits per heavy atom. The largest absolute Gasteiger partial charge is 0.405 e. The third-order valence-electron chi connectivity index (χ3n) is 4.92. The number of nitrogens with zero attached hydrogens (tertiary/aromatic N) is 2. The number of likely N-dealkylation sites (tertiary alicyclic amines) is 1. The first kappa shape index (κ1) is 22.2. The highest BCUT2D eigenvalue weighted by Crippen LogP contribution is 2.29. The van der Waals surface area contributed by atoms with Crippen molar-refractivity contribution in [3.63, 3.8) is 0 Å². The van der Waals surface area contributed by atoms with Crippen molar-refractivity contribution in [1.29, 1.82) is 0 Å². The molecule has 0 unspecified atom stereocenters. The van der Waals surface area contributed by atoms with Gasteiger partial charge in [-0.3, -0.25) is 14.7 Å². The van der Waals surface area contributed by atoms with Crippen molar-refractivity contribution in [2.45, 2.75) is 36.8 Å². The summed E-state index contributed by atoms with van der Waals surface area (Å²) in [6.07, 6.45) is -3.11. The molecule has 1 aliphatic rings. The first-order chi connectivity index (χ1) is 14.3. The predicted octanol–water partition coefficient (Wildman–Crippen LogP) is 3.83. The summed E-state index contributed by atoms with van der Waals surface area (Å²) in [5.74, 6) is 0.0747. The molecule has 0 radical (unpaired) electrons. The molecule has 0 saturated carbocycles. The molecule has 1 fully saturated rings. The number of aromatic amines is 1. The molecule has 162 valence electrons. The highest BCUT2D eigenvalue weighted by molar-refractivity contribution is 7.99. The van der Waals surface area contributed by atoms with Crippen LogP contribution in [0.4, 0.5) is 13.2 Å². The average Bonchev–Trinajstić information content (AvgIpc) is 3.22. The zero-order chi connectivity index (χ0) is 21.7. The molecule has 0 aliphatic carbocycles. The van der Waals surface area contributed by atoms with Gasteiger partial charge in [-0.25, -0.2) is 0 Å². The fourth-order valence-corrected chi connectivity index (χ4v) is 4.22. The SMILES string of the molecule is CCSc1ccccc1C(=O)N1CCC(c2cc(C(=O)NCC(F)(F)F)n[nH]2)CC1. The lowest BCUT2D eigenvalue weighted by Crippen LogP contribution is -2.38. The lowest BCUT2D eigenvalue weighted by Gasteiger charge is -2.32.